The molecule has 1 aromatic carbocycles. The first kappa shape index (κ1) is 16.9. The van der Waals surface area contributed by atoms with Crippen molar-refractivity contribution >= 4 is 5.91 Å². The van der Waals surface area contributed by atoms with Crippen molar-refractivity contribution in [2.75, 3.05) is 14.1 Å². The molecule has 1 aromatic rings. The Kier molecular flexibility index (Phi) is 5.57. The van der Waals surface area contributed by atoms with Gasteiger partial charge < -0.3 is 10.2 Å². The molecule has 0 saturated heterocycles. The van der Waals surface area contributed by atoms with Crippen molar-refractivity contribution in [2.24, 2.45) is 0 Å². The summed E-state index contributed by atoms with van der Waals surface area (Å²) >= 11 is 0. The molecule has 122 valence electrons. The molecule has 1 aliphatic rings. The number of carbonyl (C=O) groups excluding carboxylic acids is 1. The Balaban J connectivity index is 2.04. The Morgan fingerprint density at radius 3 is 2.59 bits per heavy atom. The number of benzene rings is 1. The fourth-order valence-corrected chi connectivity index (χ4v) is 3.44. The van der Waals surface area contributed by atoms with Gasteiger partial charge >= 0.3 is 0 Å². The van der Waals surface area contributed by atoms with Crippen LogP contribution in [0.15, 0.2) is 24.3 Å². The minimum atomic E-state index is -0.171. The summed E-state index contributed by atoms with van der Waals surface area (Å²) in [7, 11) is 4.20. The number of amides is 1. The second-order valence-corrected chi connectivity index (χ2v) is 6.62. The van der Waals surface area contributed by atoms with Crippen LogP contribution in [0, 0.1) is 5.82 Å². The normalized spacial score (nSPS) is 25.2. The van der Waals surface area contributed by atoms with E-state index in [0.29, 0.717) is 6.42 Å². The molecular formula is C18H27FN2O. The smallest absolute Gasteiger partial charge is 0.219 e. The van der Waals surface area contributed by atoms with Crippen LogP contribution in [0.2, 0.25) is 0 Å². The average molecular weight is 306 g/mol. The summed E-state index contributed by atoms with van der Waals surface area (Å²) in [5, 5.41) is 3.10. The van der Waals surface area contributed by atoms with Crippen molar-refractivity contribution < 1.29 is 9.18 Å². The number of hydrogen-bond donors (Lipinski definition) is 1. The van der Waals surface area contributed by atoms with Gasteiger partial charge in [-0.05, 0) is 63.9 Å². The van der Waals surface area contributed by atoms with E-state index >= 15 is 0 Å². The van der Waals surface area contributed by atoms with Crippen LogP contribution >= 0.6 is 0 Å². The maximum absolute atomic E-state index is 13.4. The fourth-order valence-electron chi connectivity index (χ4n) is 3.44. The molecule has 1 saturated carbocycles. The number of hydrogen-bond acceptors (Lipinski definition) is 2. The molecule has 3 nitrogen and oxygen atoms in total. The van der Waals surface area contributed by atoms with Gasteiger partial charge in [-0.2, -0.15) is 0 Å². The zero-order valence-corrected chi connectivity index (χ0v) is 13.9. The molecule has 2 rings (SSSR count). The molecular weight excluding hydrogens is 279 g/mol. The minimum absolute atomic E-state index is 0.0568. The van der Waals surface area contributed by atoms with Gasteiger partial charge in [0.15, 0.2) is 0 Å². The number of rotatable bonds is 5. The van der Waals surface area contributed by atoms with Crippen LogP contribution in [-0.4, -0.2) is 36.5 Å². The number of carbonyl (C=O) groups is 1. The third-order valence-electron chi connectivity index (χ3n) is 4.97. The van der Waals surface area contributed by atoms with E-state index in [-0.39, 0.29) is 23.3 Å². The summed E-state index contributed by atoms with van der Waals surface area (Å²) in [6.45, 7) is 1.88. The topological polar surface area (TPSA) is 32.3 Å². The standard InChI is InChI=1S/C18H27FN2O/c1-4-17(22)20-16-8-10-18(11-9-16,21(2)3)13-14-6-5-7-15(19)12-14/h5-7,12,16H,4,8-11,13H2,1-3H3,(H,20,22). The Labute approximate surface area is 132 Å². The predicted molar refractivity (Wildman–Crippen MR) is 87.2 cm³/mol. The maximum atomic E-state index is 13.4. The minimum Gasteiger partial charge on any atom is -0.353 e. The van der Waals surface area contributed by atoms with E-state index in [4.69, 9.17) is 0 Å². The lowest BCUT2D eigenvalue weighted by molar-refractivity contribution is -0.121. The summed E-state index contributed by atoms with van der Waals surface area (Å²) in [6.07, 6.45) is 5.40. The van der Waals surface area contributed by atoms with E-state index in [1.807, 2.05) is 13.0 Å². The maximum Gasteiger partial charge on any atom is 0.219 e. The zero-order chi connectivity index (χ0) is 16.2. The summed E-state index contributed by atoms with van der Waals surface area (Å²) in [4.78, 5) is 13.8. The first-order valence-electron chi connectivity index (χ1n) is 8.16. The largest absolute Gasteiger partial charge is 0.353 e. The lowest BCUT2D eigenvalue weighted by atomic mass is 9.75. The van der Waals surface area contributed by atoms with Crippen molar-refractivity contribution in [3.8, 4) is 0 Å². The van der Waals surface area contributed by atoms with Gasteiger partial charge in [-0.15, -0.1) is 0 Å². The highest BCUT2D eigenvalue weighted by Gasteiger charge is 2.37. The highest BCUT2D eigenvalue weighted by Crippen LogP contribution is 2.35. The number of nitrogens with one attached hydrogen (secondary N) is 1. The third-order valence-corrected chi connectivity index (χ3v) is 4.97. The monoisotopic (exact) mass is 306 g/mol. The molecule has 0 bridgehead atoms. The van der Waals surface area contributed by atoms with Crippen LogP contribution in [0.5, 0.6) is 0 Å². The molecule has 1 N–H and O–H groups in total. The molecule has 0 heterocycles. The van der Waals surface area contributed by atoms with E-state index < -0.39 is 0 Å². The summed E-state index contributed by atoms with van der Waals surface area (Å²) in [5.74, 6) is -0.0391. The van der Waals surface area contributed by atoms with Crippen LogP contribution in [0.25, 0.3) is 0 Å². The Hall–Kier alpha value is -1.42. The Bertz CT molecular complexity index is 508. The highest BCUT2D eigenvalue weighted by atomic mass is 19.1. The van der Waals surface area contributed by atoms with Crippen LogP contribution in [0.4, 0.5) is 4.39 Å². The lowest BCUT2D eigenvalue weighted by Crippen LogP contribution is -2.52. The first-order chi connectivity index (χ1) is 10.4. The molecule has 1 fully saturated rings. The van der Waals surface area contributed by atoms with Crippen molar-refractivity contribution in [2.45, 2.75) is 57.0 Å². The Morgan fingerprint density at radius 1 is 1.36 bits per heavy atom. The third kappa shape index (κ3) is 4.07. The van der Waals surface area contributed by atoms with E-state index in [9.17, 15) is 9.18 Å². The second kappa shape index (κ2) is 7.23. The summed E-state index contributed by atoms with van der Waals surface area (Å²) < 4.78 is 13.4. The van der Waals surface area contributed by atoms with E-state index in [1.165, 1.54) is 6.07 Å². The van der Waals surface area contributed by atoms with Crippen molar-refractivity contribution in [3.05, 3.63) is 35.6 Å². The molecule has 22 heavy (non-hydrogen) atoms. The number of likely N-dealkylation sites (N-methyl/N-ethyl adjacent to an activating group) is 1. The molecule has 0 aromatic heterocycles. The fraction of sp³-hybridized carbons (Fsp3) is 0.611. The van der Waals surface area contributed by atoms with Gasteiger partial charge in [0.1, 0.15) is 5.82 Å². The van der Waals surface area contributed by atoms with Gasteiger partial charge in [-0.25, -0.2) is 4.39 Å². The quantitative estimate of drug-likeness (QED) is 0.906. The molecule has 0 spiro atoms. The van der Waals surface area contributed by atoms with Gasteiger partial charge in [-0.3, -0.25) is 4.79 Å². The highest BCUT2D eigenvalue weighted by molar-refractivity contribution is 5.75. The van der Waals surface area contributed by atoms with Gasteiger partial charge in [0.25, 0.3) is 0 Å². The van der Waals surface area contributed by atoms with E-state index in [0.717, 1.165) is 37.7 Å². The average Bonchev–Trinajstić information content (AvgIpc) is 2.49. The number of nitrogens with zero attached hydrogens (tertiary/aromatic N) is 1. The van der Waals surface area contributed by atoms with Crippen LogP contribution < -0.4 is 5.32 Å². The van der Waals surface area contributed by atoms with E-state index in [1.54, 1.807) is 12.1 Å². The van der Waals surface area contributed by atoms with Crippen molar-refractivity contribution in [1.82, 2.24) is 10.2 Å². The molecule has 0 unspecified atom stereocenters. The van der Waals surface area contributed by atoms with Gasteiger partial charge in [0.2, 0.25) is 5.91 Å². The van der Waals surface area contributed by atoms with Crippen molar-refractivity contribution in [1.29, 1.82) is 0 Å². The van der Waals surface area contributed by atoms with Crippen molar-refractivity contribution in [3.63, 3.8) is 0 Å². The van der Waals surface area contributed by atoms with Gasteiger partial charge in [0, 0.05) is 18.0 Å². The zero-order valence-electron chi connectivity index (χ0n) is 13.9. The Morgan fingerprint density at radius 2 is 2.05 bits per heavy atom. The SMILES string of the molecule is CCC(=O)NC1CCC(Cc2cccc(F)c2)(N(C)C)CC1. The van der Waals surface area contributed by atoms with Crippen LogP contribution in [0.3, 0.4) is 0 Å². The first-order valence-corrected chi connectivity index (χ1v) is 8.16. The second-order valence-electron chi connectivity index (χ2n) is 6.62. The molecule has 1 amide bonds. The molecule has 0 aliphatic heterocycles. The molecule has 0 radical (unpaired) electrons. The number of halogens is 1. The van der Waals surface area contributed by atoms with E-state index in [2.05, 4.69) is 24.3 Å². The summed E-state index contributed by atoms with van der Waals surface area (Å²) in [5.41, 5.74) is 1.10. The van der Waals surface area contributed by atoms with Crippen LogP contribution in [0.1, 0.15) is 44.6 Å². The summed E-state index contributed by atoms with van der Waals surface area (Å²) in [6, 6.07) is 7.19. The predicted octanol–water partition coefficient (Wildman–Crippen LogP) is 3.14. The van der Waals surface area contributed by atoms with Crippen LogP contribution in [-0.2, 0) is 11.2 Å². The van der Waals surface area contributed by atoms with Gasteiger partial charge in [0.05, 0.1) is 0 Å². The molecule has 0 atom stereocenters. The molecule has 1 aliphatic carbocycles. The molecule has 4 heteroatoms. The van der Waals surface area contributed by atoms with Gasteiger partial charge in [-0.1, -0.05) is 19.1 Å². The lowest BCUT2D eigenvalue weighted by Gasteiger charge is -2.45.